The number of hydrogen-bond donors (Lipinski definition) is 0. The van der Waals surface area contributed by atoms with Crippen molar-refractivity contribution in [2.45, 2.75) is 61.5 Å². The normalized spacial score (nSPS) is 14.4. The molecule has 160 valence electrons. The van der Waals surface area contributed by atoms with Crippen molar-refractivity contribution in [2.24, 2.45) is 0 Å². The van der Waals surface area contributed by atoms with Crippen LogP contribution in [-0.2, 0) is 24.4 Å². The zero-order valence-corrected chi connectivity index (χ0v) is 18.7. The third kappa shape index (κ3) is 7.24. The monoisotopic (exact) mass is 438 g/mol. The van der Waals surface area contributed by atoms with Crippen molar-refractivity contribution in [3.63, 3.8) is 0 Å². The fourth-order valence-electron chi connectivity index (χ4n) is 3.23. The molecule has 2 atom stereocenters. The molecule has 0 spiro atoms. The zero-order valence-electron chi connectivity index (χ0n) is 17.0. The Morgan fingerprint density at radius 1 is 0.655 bits per heavy atom. The number of hydrogen-bond acceptors (Lipinski definition) is 5. The second-order valence-corrected chi connectivity index (χ2v) is 11.2. The van der Waals surface area contributed by atoms with Gasteiger partial charge in [0.25, 0.3) is 0 Å². The van der Waals surface area contributed by atoms with E-state index in [4.69, 9.17) is 4.74 Å². The van der Waals surface area contributed by atoms with Crippen LogP contribution in [0.2, 0.25) is 0 Å². The van der Waals surface area contributed by atoms with Gasteiger partial charge in [-0.1, -0.05) is 63.1 Å². The Morgan fingerprint density at radius 2 is 1.00 bits per heavy atom. The van der Waals surface area contributed by atoms with E-state index in [-0.39, 0.29) is 21.3 Å². The van der Waals surface area contributed by atoms with Gasteiger partial charge in [0.15, 0.2) is 19.7 Å². The molecule has 0 fully saturated rings. The van der Waals surface area contributed by atoms with Crippen LogP contribution in [0.1, 0.15) is 39.5 Å². The summed E-state index contributed by atoms with van der Waals surface area (Å²) >= 11 is 0. The lowest BCUT2D eigenvalue weighted by atomic mass is 10.2. The van der Waals surface area contributed by atoms with Crippen molar-refractivity contribution >= 4 is 19.7 Å². The highest BCUT2D eigenvalue weighted by Gasteiger charge is 2.27. The maximum atomic E-state index is 12.8. The van der Waals surface area contributed by atoms with Crippen LogP contribution in [0.25, 0.3) is 0 Å². The summed E-state index contributed by atoms with van der Waals surface area (Å²) < 4.78 is 57.1. The summed E-state index contributed by atoms with van der Waals surface area (Å²) in [6.45, 7) is 3.92. The van der Waals surface area contributed by atoms with Gasteiger partial charge in [0, 0.05) is 0 Å². The molecule has 29 heavy (non-hydrogen) atoms. The van der Waals surface area contributed by atoms with Gasteiger partial charge in [-0.25, -0.2) is 16.8 Å². The number of rotatable bonds is 12. The molecule has 0 aliphatic rings. The molecule has 0 saturated heterocycles. The van der Waals surface area contributed by atoms with E-state index in [1.165, 1.54) is 0 Å². The molecule has 0 amide bonds. The van der Waals surface area contributed by atoms with Gasteiger partial charge in [-0.15, -0.1) is 0 Å². The average Bonchev–Trinajstić information content (AvgIpc) is 2.69. The van der Waals surface area contributed by atoms with Crippen LogP contribution in [-0.4, -0.2) is 40.5 Å². The van der Waals surface area contributed by atoms with E-state index >= 15 is 0 Å². The molecule has 0 aromatic heterocycles. The lowest BCUT2D eigenvalue weighted by Crippen LogP contribution is -2.33. The number of benzene rings is 2. The van der Waals surface area contributed by atoms with Crippen molar-refractivity contribution < 1.29 is 21.6 Å². The minimum absolute atomic E-state index is 0.156. The van der Waals surface area contributed by atoms with Crippen LogP contribution in [0.4, 0.5) is 0 Å². The highest BCUT2D eigenvalue weighted by Crippen LogP contribution is 2.20. The SMILES string of the molecule is CCCC(CS(=O)(=O)c1ccccc1)OC(CCC)CS(=O)(=O)c1ccccc1. The molecule has 0 aliphatic heterocycles. The fourth-order valence-corrected chi connectivity index (χ4v) is 6.23. The van der Waals surface area contributed by atoms with Crippen LogP contribution in [0.3, 0.4) is 0 Å². The predicted octanol–water partition coefficient (Wildman–Crippen LogP) is 4.29. The van der Waals surface area contributed by atoms with Gasteiger partial charge in [-0.05, 0) is 37.1 Å². The molecule has 7 heteroatoms. The summed E-state index contributed by atoms with van der Waals surface area (Å²) in [5, 5.41) is 0. The van der Waals surface area contributed by atoms with Gasteiger partial charge >= 0.3 is 0 Å². The number of sulfone groups is 2. The second-order valence-electron chi connectivity index (χ2n) is 7.15. The summed E-state index contributed by atoms with van der Waals surface area (Å²) in [5.74, 6) is -0.313. The standard InChI is InChI=1S/C22H30O5S2/c1-3-11-19(17-28(23,24)21-13-7-5-8-14-21)27-20(12-4-2)18-29(25,26)22-15-9-6-10-16-22/h5-10,13-16,19-20H,3-4,11-12,17-18H2,1-2H3. The van der Waals surface area contributed by atoms with Crippen LogP contribution in [0.15, 0.2) is 70.5 Å². The van der Waals surface area contributed by atoms with Gasteiger partial charge < -0.3 is 4.74 Å². The molecule has 0 N–H and O–H groups in total. The van der Waals surface area contributed by atoms with Gasteiger partial charge in [0.1, 0.15) is 0 Å². The largest absolute Gasteiger partial charge is 0.373 e. The molecule has 2 aromatic carbocycles. The average molecular weight is 439 g/mol. The van der Waals surface area contributed by atoms with Crippen LogP contribution in [0.5, 0.6) is 0 Å². The van der Waals surface area contributed by atoms with Gasteiger partial charge in [0.05, 0.1) is 33.5 Å². The smallest absolute Gasteiger partial charge is 0.180 e. The summed E-state index contributed by atoms with van der Waals surface area (Å²) in [6, 6.07) is 16.6. The van der Waals surface area contributed by atoms with Crippen molar-refractivity contribution in [1.29, 1.82) is 0 Å². The summed E-state index contributed by atoms with van der Waals surface area (Å²) in [4.78, 5) is 0.516. The first kappa shape index (κ1) is 23.6. The first-order valence-corrected chi connectivity index (χ1v) is 13.3. The maximum Gasteiger partial charge on any atom is 0.180 e. The third-order valence-corrected chi connectivity index (χ3v) is 8.22. The summed E-state index contributed by atoms with van der Waals surface area (Å²) in [7, 11) is -7.03. The molecule has 0 heterocycles. The van der Waals surface area contributed by atoms with Crippen molar-refractivity contribution in [1.82, 2.24) is 0 Å². The number of ether oxygens (including phenoxy) is 1. The Morgan fingerprint density at radius 3 is 1.31 bits per heavy atom. The Labute approximate surface area is 175 Å². The lowest BCUT2D eigenvalue weighted by Gasteiger charge is -2.25. The first-order valence-electron chi connectivity index (χ1n) is 9.99. The van der Waals surface area contributed by atoms with E-state index < -0.39 is 31.9 Å². The molecule has 2 rings (SSSR count). The Balaban J connectivity index is 2.16. The maximum absolute atomic E-state index is 12.8. The molecule has 0 aliphatic carbocycles. The molecule has 0 saturated carbocycles. The van der Waals surface area contributed by atoms with E-state index in [2.05, 4.69) is 0 Å². The zero-order chi connectivity index (χ0) is 21.3. The van der Waals surface area contributed by atoms with Crippen molar-refractivity contribution in [3.8, 4) is 0 Å². The minimum atomic E-state index is -3.51. The van der Waals surface area contributed by atoms with Crippen LogP contribution < -0.4 is 0 Å². The lowest BCUT2D eigenvalue weighted by molar-refractivity contribution is 0.00313. The van der Waals surface area contributed by atoms with Crippen molar-refractivity contribution in [3.05, 3.63) is 60.7 Å². The third-order valence-electron chi connectivity index (χ3n) is 4.62. The fraction of sp³-hybridized carbons (Fsp3) is 0.455. The minimum Gasteiger partial charge on any atom is -0.373 e. The Kier molecular flexibility index (Phi) is 8.86. The van der Waals surface area contributed by atoms with Gasteiger partial charge in [-0.3, -0.25) is 0 Å². The van der Waals surface area contributed by atoms with Gasteiger partial charge in [-0.2, -0.15) is 0 Å². The first-order chi connectivity index (χ1) is 13.8. The molecule has 2 aromatic rings. The molecule has 0 bridgehead atoms. The van der Waals surface area contributed by atoms with E-state index in [1.54, 1.807) is 60.7 Å². The quantitative estimate of drug-likeness (QED) is 0.494. The van der Waals surface area contributed by atoms with Crippen LogP contribution in [0, 0.1) is 0 Å². The highest BCUT2D eigenvalue weighted by molar-refractivity contribution is 7.91. The molecule has 2 unspecified atom stereocenters. The summed E-state index contributed by atoms with van der Waals surface area (Å²) in [6.07, 6.45) is 1.51. The van der Waals surface area contributed by atoms with E-state index in [9.17, 15) is 16.8 Å². The molecule has 0 radical (unpaired) electrons. The molecular formula is C22H30O5S2. The highest BCUT2D eigenvalue weighted by atomic mass is 32.2. The van der Waals surface area contributed by atoms with Crippen LogP contribution >= 0.6 is 0 Å². The molecule has 5 nitrogen and oxygen atoms in total. The topological polar surface area (TPSA) is 77.5 Å². The van der Waals surface area contributed by atoms with Crippen molar-refractivity contribution in [2.75, 3.05) is 11.5 Å². The van der Waals surface area contributed by atoms with E-state index in [0.717, 1.165) is 12.8 Å². The van der Waals surface area contributed by atoms with E-state index in [1.807, 2.05) is 13.8 Å². The predicted molar refractivity (Wildman–Crippen MR) is 115 cm³/mol. The Bertz CT molecular complexity index is 860. The molecular weight excluding hydrogens is 408 g/mol. The second kappa shape index (κ2) is 10.9. The Hall–Kier alpha value is -1.70. The van der Waals surface area contributed by atoms with Gasteiger partial charge in [0.2, 0.25) is 0 Å². The van der Waals surface area contributed by atoms with E-state index in [0.29, 0.717) is 12.8 Å². The summed E-state index contributed by atoms with van der Waals surface area (Å²) in [5.41, 5.74) is 0.